The summed E-state index contributed by atoms with van der Waals surface area (Å²) in [6.07, 6.45) is -3.33. The fourth-order valence-corrected chi connectivity index (χ4v) is 3.82. The molecule has 0 radical (unpaired) electrons. The third-order valence-electron chi connectivity index (χ3n) is 4.54. The van der Waals surface area contributed by atoms with E-state index in [1.807, 2.05) is 0 Å². The number of anilines is 1. The standard InChI is InChI=1S/C20H18F3N3O4S/c1-12-9-13(7-8-18(12)30-3)16-11-17(26(2)31(28,29)25-16)19(27)24-15-6-4-5-14(10-15)20(21,22)23/h4-11H,1-3H3,(H,24,27). The molecule has 0 aliphatic carbocycles. The molecule has 0 saturated heterocycles. The van der Waals surface area contributed by atoms with E-state index in [9.17, 15) is 26.4 Å². The van der Waals surface area contributed by atoms with Gasteiger partial charge in [0.25, 0.3) is 5.91 Å². The first-order valence-corrected chi connectivity index (χ1v) is 10.3. The highest BCUT2D eigenvalue weighted by Crippen LogP contribution is 2.31. The van der Waals surface area contributed by atoms with Crippen LogP contribution in [-0.2, 0) is 21.2 Å². The number of carbonyl (C=O) groups is 1. The number of hydrogen-bond acceptors (Lipinski definition) is 4. The summed E-state index contributed by atoms with van der Waals surface area (Å²) in [4.78, 5) is 12.7. The van der Waals surface area contributed by atoms with E-state index in [4.69, 9.17) is 4.74 Å². The van der Waals surface area contributed by atoms with Gasteiger partial charge in [0.1, 0.15) is 11.4 Å². The molecule has 0 saturated carbocycles. The second-order valence-corrected chi connectivity index (χ2v) is 8.29. The minimum absolute atomic E-state index is 0.0121. The van der Waals surface area contributed by atoms with E-state index >= 15 is 0 Å². The number of nitrogens with one attached hydrogen (secondary N) is 1. The lowest BCUT2D eigenvalue weighted by molar-refractivity contribution is -0.137. The highest BCUT2D eigenvalue weighted by Gasteiger charge is 2.32. The van der Waals surface area contributed by atoms with E-state index in [0.717, 1.165) is 30.8 Å². The number of likely N-dealkylation sites (N-methyl/N-ethyl adjacent to an activating group) is 1. The molecule has 2 aromatic rings. The summed E-state index contributed by atoms with van der Waals surface area (Å²) in [5, 5.41) is 2.31. The molecule has 1 N–H and O–H groups in total. The Morgan fingerprint density at radius 2 is 1.87 bits per heavy atom. The number of methoxy groups -OCH3 is 1. The van der Waals surface area contributed by atoms with Crippen LogP contribution in [0.25, 0.3) is 0 Å². The molecular weight excluding hydrogens is 435 g/mol. The third kappa shape index (κ3) is 4.71. The summed E-state index contributed by atoms with van der Waals surface area (Å²) < 4.78 is 73.2. The van der Waals surface area contributed by atoms with Crippen LogP contribution >= 0.6 is 0 Å². The number of aryl methyl sites for hydroxylation is 1. The van der Waals surface area contributed by atoms with Crippen LogP contribution in [0.1, 0.15) is 16.7 Å². The lowest BCUT2D eigenvalue weighted by atomic mass is 10.1. The number of benzene rings is 2. The van der Waals surface area contributed by atoms with E-state index in [1.165, 1.54) is 19.3 Å². The van der Waals surface area contributed by atoms with Gasteiger partial charge in [-0.1, -0.05) is 6.07 Å². The van der Waals surface area contributed by atoms with Crippen LogP contribution in [0.4, 0.5) is 18.9 Å². The van der Waals surface area contributed by atoms with Gasteiger partial charge in [-0.2, -0.15) is 21.6 Å². The van der Waals surface area contributed by atoms with Crippen molar-refractivity contribution in [2.24, 2.45) is 4.40 Å². The monoisotopic (exact) mass is 453 g/mol. The van der Waals surface area contributed by atoms with Gasteiger partial charge in [0.15, 0.2) is 0 Å². The highest BCUT2D eigenvalue weighted by atomic mass is 32.2. The van der Waals surface area contributed by atoms with Gasteiger partial charge in [-0.15, -0.1) is 4.40 Å². The van der Waals surface area contributed by atoms with Crippen molar-refractivity contribution in [3.63, 3.8) is 0 Å². The average Bonchev–Trinajstić information content (AvgIpc) is 2.69. The van der Waals surface area contributed by atoms with E-state index in [0.29, 0.717) is 15.6 Å². The van der Waals surface area contributed by atoms with Gasteiger partial charge in [-0.05, 0) is 55.0 Å². The summed E-state index contributed by atoms with van der Waals surface area (Å²) in [5.41, 5.74) is -0.202. The summed E-state index contributed by atoms with van der Waals surface area (Å²) in [7, 11) is -1.60. The van der Waals surface area contributed by atoms with Crippen molar-refractivity contribution in [3.05, 3.63) is 70.9 Å². The van der Waals surface area contributed by atoms with Gasteiger partial charge >= 0.3 is 16.4 Å². The van der Waals surface area contributed by atoms with Crippen LogP contribution < -0.4 is 10.1 Å². The molecule has 31 heavy (non-hydrogen) atoms. The molecule has 0 fully saturated rings. The van der Waals surface area contributed by atoms with E-state index in [-0.39, 0.29) is 17.1 Å². The van der Waals surface area contributed by atoms with Gasteiger partial charge < -0.3 is 10.1 Å². The Bertz CT molecular complexity index is 1200. The second kappa shape index (κ2) is 8.06. The van der Waals surface area contributed by atoms with Crippen LogP contribution in [0, 0.1) is 6.92 Å². The molecule has 3 rings (SSSR count). The largest absolute Gasteiger partial charge is 0.496 e. The Hall–Kier alpha value is -3.34. The van der Waals surface area contributed by atoms with E-state index < -0.39 is 27.9 Å². The topological polar surface area (TPSA) is 88.1 Å². The molecule has 1 amide bonds. The van der Waals surface area contributed by atoms with Gasteiger partial charge in [0.2, 0.25) is 0 Å². The molecule has 0 atom stereocenters. The van der Waals surface area contributed by atoms with Crippen molar-refractivity contribution in [3.8, 4) is 5.75 Å². The summed E-state index contributed by atoms with van der Waals surface area (Å²) >= 11 is 0. The minimum atomic E-state index is -4.59. The van der Waals surface area contributed by atoms with E-state index in [1.54, 1.807) is 25.1 Å². The Balaban J connectivity index is 1.97. The number of halogens is 3. The highest BCUT2D eigenvalue weighted by molar-refractivity contribution is 7.88. The Labute approximate surface area is 177 Å². The molecule has 2 aromatic carbocycles. The van der Waals surface area contributed by atoms with Gasteiger partial charge in [-0.25, -0.2) is 4.31 Å². The SMILES string of the molecule is COc1ccc(C2=NS(=O)(=O)N(C)C(C(=O)Nc3cccc(C(F)(F)F)c3)=C2)cc1C. The molecule has 0 aromatic heterocycles. The first kappa shape index (κ1) is 22.3. The number of rotatable bonds is 4. The third-order valence-corrected chi connectivity index (χ3v) is 5.86. The molecule has 0 unspecified atom stereocenters. The first-order valence-electron chi connectivity index (χ1n) is 8.86. The minimum Gasteiger partial charge on any atom is -0.496 e. The second-order valence-electron chi connectivity index (χ2n) is 6.67. The zero-order valence-electron chi connectivity index (χ0n) is 16.7. The number of allylic oxidation sites excluding steroid dienone is 1. The molecule has 1 aliphatic heterocycles. The molecule has 164 valence electrons. The number of hydrogen-bond donors (Lipinski definition) is 1. The molecular formula is C20H18F3N3O4S. The predicted octanol–water partition coefficient (Wildman–Crippen LogP) is 3.52. The number of nitrogens with zero attached hydrogens (tertiary/aromatic N) is 2. The van der Waals surface area contributed by atoms with Crippen LogP contribution in [0.5, 0.6) is 5.75 Å². The van der Waals surface area contributed by atoms with Gasteiger partial charge in [0, 0.05) is 18.3 Å². The van der Waals surface area contributed by atoms with Crippen molar-refractivity contribution < 1.29 is 31.1 Å². The molecule has 11 heteroatoms. The molecule has 0 spiro atoms. The fraction of sp³-hybridized carbons (Fsp3) is 0.200. The normalized spacial score (nSPS) is 15.7. The van der Waals surface area contributed by atoms with Crippen LogP contribution in [0.15, 0.2) is 58.6 Å². The van der Waals surface area contributed by atoms with E-state index in [2.05, 4.69) is 9.71 Å². The quantitative estimate of drug-likeness (QED) is 0.767. The lowest BCUT2D eigenvalue weighted by Gasteiger charge is -2.24. The smallest absolute Gasteiger partial charge is 0.416 e. The Morgan fingerprint density at radius 1 is 1.16 bits per heavy atom. The average molecular weight is 453 g/mol. The number of carbonyl (C=O) groups excluding carboxylic acids is 1. The van der Waals surface area contributed by atoms with Crippen molar-refractivity contribution in [1.82, 2.24) is 4.31 Å². The molecule has 1 aliphatic rings. The Morgan fingerprint density at radius 3 is 2.48 bits per heavy atom. The van der Waals surface area contributed by atoms with Crippen LogP contribution in [0.2, 0.25) is 0 Å². The predicted molar refractivity (Wildman–Crippen MR) is 109 cm³/mol. The molecule has 7 nitrogen and oxygen atoms in total. The number of alkyl halides is 3. The summed E-state index contributed by atoms with van der Waals surface area (Å²) in [5.74, 6) is -0.310. The van der Waals surface area contributed by atoms with Crippen molar-refractivity contribution >= 4 is 27.5 Å². The van der Waals surface area contributed by atoms with Crippen molar-refractivity contribution in [2.75, 3.05) is 19.5 Å². The van der Waals surface area contributed by atoms with Crippen LogP contribution in [-0.4, -0.2) is 38.5 Å². The maximum absolute atomic E-state index is 12.9. The number of amides is 1. The van der Waals surface area contributed by atoms with Crippen molar-refractivity contribution in [1.29, 1.82) is 0 Å². The maximum atomic E-state index is 12.9. The molecule has 0 bridgehead atoms. The first-order chi connectivity index (χ1) is 14.4. The van der Waals surface area contributed by atoms with Crippen LogP contribution in [0.3, 0.4) is 0 Å². The fourth-order valence-electron chi connectivity index (χ4n) is 2.91. The zero-order chi connectivity index (χ0) is 23.0. The summed E-state index contributed by atoms with van der Waals surface area (Å²) in [6.45, 7) is 1.76. The Kier molecular flexibility index (Phi) is 5.81. The zero-order valence-corrected chi connectivity index (χ0v) is 17.5. The maximum Gasteiger partial charge on any atom is 0.416 e. The molecule has 1 heterocycles. The lowest BCUT2D eigenvalue weighted by Crippen LogP contribution is -2.35. The van der Waals surface area contributed by atoms with Gasteiger partial charge in [-0.3, -0.25) is 4.79 Å². The van der Waals surface area contributed by atoms with Crippen molar-refractivity contribution in [2.45, 2.75) is 13.1 Å². The van der Waals surface area contributed by atoms with Gasteiger partial charge in [0.05, 0.1) is 18.4 Å². The number of ether oxygens (including phenoxy) is 1. The summed E-state index contributed by atoms with van der Waals surface area (Å²) in [6, 6.07) is 8.91.